The van der Waals surface area contributed by atoms with Gasteiger partial charge in [-0.25, -0.2) is 9.97 Å². The van der Waals surface area contributed by atoms with Crippen LogP contribution in [0.4, 0.5) is 24.8 Å². The lowest BCUT2D eigenvalue weighted by Gasteiger charge is -2.14. The molecule has 3 heterocycles. The molecule has 2 aromatic carbocycles. The molecule has 4 N–H and O–H groups in total. The van der Waals surface area contributed by atoms with Crippen molar-refractivity contribution in [3.05, 3.63) is 93.3 Å². The van der Waals surface area contributed by atoms with Crippen molar-refractivity contribution < 1.29 is 22.8 Å². The van der Waals surface area contributed by atoms with Crippen LogP contribution < -0.4 is 16.4 Å². The smallest absolute Gasteiger partial charge is 0.368 e. The van der Waals surface area contributed by atoms with Gasteiger partial charge in [0.25, 0.3) is 5.91 Å². The number of benzene rings is 2. The predicted octanol–water partition coefficient (Wildman–Crippen LogP) is 4.60. The molecule has 0 aliphatic carbocycles. The van der Waals surface area contributed by atoms with Gasteiger partial charge >= 0.3 is 6.18 Å². The molecule has 8 nitrogen and oxygen atoms in total. The van der Waals surface area contributed by atoms with E-state index in [0.29, 0.717) is 46.6 Å². The summed E-state index contributed by atoms with van der Waals surface area (Å²) in [6, 6.07) is 11.8. The summed E-state index contributed by atoms with van der Waals surface area (Å²) in [5, 5.41) is 4.85. The van der Waals surface area contributed by atoms with Crippen LogP contribution >= 0.6 is 11.6 Å². The number of aromatic nitrogens is 3. The van der Waals surface area contributed by atoms with Gasteiger partial charge in [-0.1, -0.05) is 35.6 Å². The number of rotatable bonds is 4. The molecule has 0 atom stereocenters. The first-order valence-corrected chi connectivity index (χ1v) is 12.7. The molecular weight excluding hydrogens is 557 g/mol. The Morgan fingerprint density at radius 3 is 2.76 bits per heavy atom. The van der Waals surface area contributed by atoms with Crippen LogP contribution in [0.25, 0.3) is 11.4 Å². The Morgan fingerprint density at radius 2 is 2.00 bits per heavy atom. The zero-order chi connectivity index (χ0) is 29.3. The third-order valence-electron chi connectivity index (χ3n) is 6.49. The quantitative estimate of drug-likeness (QED) is 0.306. The minimum Gasteiger partial charge on any atom is -0.368 e. The number of carbonyl (C=O) groups excluding carboxylic acids is 2. The molecule has 5 rings (SSSR count). The molecule has 12 heteroatoms. The molecule has 0 bridgehead atoms. The molecule has 0 saturated carbocycles. The number of amides is 2. The average molecular weight is 579 g/mol. The van der Waals surface area contributed by atoms with Crippen molar-refractivity contribution in [2.75, 3.05) is 17.6 Å². The minimum atomic E-state index is -4.64. The van der Waals surface area contributed by atoms with E-state index in [1.807, 2.05) is 11.6 Å². The van der Waals surface area contributed by atoms with Crippen LogP contribution in [0.15, 0.2) is 54.7 Å². The summed E-state index contributed by atoms with van der Waals surface area (Å²) in [4.78, 5) is 33.4. The second-order valence-corrected chi connectivity index (χ2v) is 9.72. The molecule has 0 radical (unpaired) electrons. The van der Waals surface area contributed by atoms with E-state index in [9.17, 15) is 22.8 Å². The lowest BCUT2D eigenvalue weighted by atomic mass is 10.1. The number of alkyl halides is 3. The SMILES string of the molecule is Cn1c(-c2nc(N)ncc2C#Cc2cccc(CC(=O)Nc3ccc(Cl)c(C(F)(F)F)c3)c2)cc2c1CCNC2=O. The number of carbonyl (C=O) groups is 2. The zero-order valence-corrected chi connectivity index (χ0v) is 22.3. The normalized spacial score (nSPS) is 12.7. The predicted molar refractivity (Wildman–Crippen MR) is 148 cm³/mol. The Balaban J connectivity index is 1.37. The number of fused-ring (bicyclic) bond motifs is 1. The molecule has 2 amide bonds. The summed E-state index contributed by atoms with van der Waals surface area (Å²) in [6.07, 6.45) is -2.54. The Morgan fingerprint density at radius 1 is 1.20 bits per heavy atom. The van der Waals surface area contributed by atoms with Crippen LogP contribution in [0.3, 0.4) is 0 Å². The highest BCUT2D eigenvalue weighted by molar-refractivity contribution is 6.31. The van der Waals surface area contributed by atoms with Crippen LogP contribution in [0.2, 0.25) is 5.02 Å². The van der Waals surface area contributed by atoms with Gasteiger partial charge in [-0.05, 0) is 42.0 Å². The summed E-state index contributed by atoms with van der Waals surface area (Å²) < 4.78 is 41.3. The maximum Gasteiger partial charge on any atom is 0.417 e. The maximum atomic E-state index is 13.1. The largest absolute Gasteiger partial charge is 0.417 e. The van der Waals surface area contributed by atoms with Gasteiger partial charge in [0.2, 0.25) is 11.9 Å². The summed E-state index contributed by atoms with van der Waals surface area (Å²) in [7, 11) is 1.85. The second kappa shape index (κ2) is 11.0. The third kappa shape index (κ3) is 6.02. The van der Waals surface area contributed by atoms with Crippen LogP contribution in [0, 0.1) is 11.8 Å². The zero-order valence-electron chi connectivity index (χ0n) is 21.6. The summed E-state index contributed by atoms with van der Waals surface area (Å²) >= 11 is 5.65. The first-order valence-electron chi connectivity index (χ1n) is 12.4. The van der Waals surface area contributed by atoms with Crippen molar-refractivity contribution in [1.82, 2.24) is 19.9 Å². The number of nitrogens with two attached hydrogens (primary N) is 1. The highest BCUT2D eigenvalue weighted by atomic mass is 35.5. The molecule has 1 aliphatic heterocycles. The molecule has 0 spiro atoms. The first-order chi connectivity index (χ1) is 19.5. The van der Waals surface area contributed by atoms with Crippen LogP contribution in [0.5, 0.6) is 0 Å². The minimum absolute atomic E-state index is 0.0154. The number of hydrogen-bond acceptors (Lipinski definition) is 5. The number of hydrogen-bond donors (Lipinski definition) is 3. The number of anilines is 2. The van der Waals surface area contributed by atoms with Gasteiger partial charge in [0.05, 0.1) is 33.8 Å². The highest BCUT2D eigenvalue weighted by Gasteiger charge is 2.33. The molecule has 1 aliphatic rings. The van der Waals surface area contributed by atoms with E-state index in [1.165, 1.54) is 12.3 Å². The standard InChI is InChI=1S/C29H22ClF3N6O2/c1-39-23-9-10-35-27(41)20(23)14-24(39)26-18(15-36-28(34)38-26)6-5-16-3-2-4-17(11-16)12-25(40)37-19-7-8-22(30)21(13-19)29(31,32)33/h2-4,7-8,11,13-15H,9-10,12H2,1H3,(H,35,41)(H,37,40)(H2,34,36,38). The Hall–Kier alpha value is -4.82. The number of nitrogen functional groups attached to an aromatic ring is 1. The molecule has 0 unspecified atom stereocenters. The Kier molecular flexibility index (Phi) is 7.43. The van der Waals surface area contributed by atoms with Crippen molar-refractivity contribution in [2.45, 2.75) is 19.0 Å². The molecule has 41 heavy (non-hydrogen) atoms. The molecule has 0 fully saturated rings. The van der Waals surface area contributed by atoms with Crippen LogP contribution in [0.1, 0.15) is 38.3 Å². The fraction of sp³-hybridized carbons (Fsp3) is 0.172. The van der Waals surface area contributed by atoms with E-state index < -0.39 is 22.7 Å². The van der Waals surface area contributed by atoms with E-state index in [-0.39, 0.29) is 24.0 Å². The van der Waals surface area contributed by atoms with Crippen molar-refractivity contribution in [2.24, 2.45) is 7.05 Å². The average Bonchev–Trinajstić information content (AvgIpc) is 3.26. The van der Waals surface area contributed by atoms with Gasteiger partial charge in [-0.2, -0.15) is 13.2 Å². The van der Waals surface area contributed by atoms with Gasteiger partial charge in [0.15, 0.2) is 0 Å². The fourth-order valence-electron chi connectivity index (χ4n) is 4.55. The van der Waals surface area contributed by atoms with Crippen molar-refractivity contribution in [3.63, 3.8) is 0 Å². The lowest BCUT2D eigenvalue weighted by molar-refractivity contribution is -0.137. The van der Waals surface area contributed by atoms with E-state index in [4.69, 9.17) is 17.3 Å². The Labute approximate surface area is 237 Å². The topological polar surface area (TPSA) is 115 Å². The summed E-state index contributed by atoms with van der Waals surface area (Å²) in [5.74, 6) is 5.50. The second-order valence-electron chi connectivity index (χ2n) is 9.31. The molecule has 0 saturated heterocycles. The van der Waals surface area contributed by atoms with Crippen molar-refractivity contribution in [3.8, 4) is 23.2 Å². The monoisotopic (exact) mass is 578 g/mol. The third-order valence-corrected chi connectivity index (χ3v) is 6.82. The number of nitrogens with one attached hydrogen (secondary N) is 2. The molecule has 4 aromatic rings. The molecule has 2 aromatic heterocycles. The summed E-state index contributed by atoms with van der Waals surface area (Å²) in [6.45, 7) is 0.546. The number of halogens is 4. The van der Waals surface area contributed by atoms with Gasteiger partial charge in [0.1, 0.15) is 5.69 Å². The van der Waals surface area contributed by atoms with Gasteiger partial charge in [0, 0.05) is 43.2 Å². The van der Waals surface area contributed by atoms with E-state index >= 15 is 0 Å². The van der Waals surface area contributed by atoms with Crippen molar-refractivity contribution in [1.29, 1.82) is 0 Å². The summed E-state index contributed by atoms with van der Waals surface area (Å²) in [5.41, 5.74) is 9.13. The van der Waals surface area contributed by atoms with Gasteiger partial charge in [-0.3, -0.25) is 9.59 Å². The van der Waals surface area contributed by atoms with Crippen LogP contribution in [-0.4, -0.2) is 32.9 Å². The first kappa shape index (κ1) is 27.7. The maximum absolute atomic E-state index is 13.1. The Bertz CT molecular complexity index is 1750. The van der Waals surface area contributed by atoms with Gasteiger partial charge < -0.3 is 20.9 Å². The van der Waals surface area contributed by atoms with Crippen molar-refractivity contribution >= 4 is 35.1 Å². The number of nitrogens with zero attached hydrogens (tertiary/aromatic N) is 3. The van der Waals surface area contributed by atoms with E-state index in [0.717, 1.165) is 17.8 Å². The van der Waals surface area contributed by atoms with E-state index in [1.54, 1.807) is 30.3 Å². The highest BCUT2D eigenvalue weighted by Crippen LogP contribution is 2.36. The van der Waals surface area contributed by atoms with Gasteiger partial charge in [-0.15, -0.1) is 0 Å². The fourth-order valence-corrected chi connectivity index (χ4v) is 4.78. The van der Waals surface area contributed by atoms with E-state index in [2.05, 4.69) is 32.4 Å². The molecular formula is C29H22ClF3N6O2. The lowest BCUT2D eigenvalue weighted by Crippen LogP contribution is -2.31. The van der Waals surface area contributed by atoms with Crippen LogP contribution in [-0.2, 0) is 30.9 Å². The molecule has 208 valence electrons.